The van der Waals surface area contributed by atoms with Gasteiger partial charge in [0.1, 0.15) is 24.4 Å². The summed E-state index contributed by atoms with van der Waals surface area (Å²) in [5.41, 5.74) is -0.168. The molecule has 1 heterocycles. The third-order valence-corrected chi connectivity index (χ3v) is 3.30. The molecule has 0 aliphatic carbocycles. The zero-order chi connectivity index (χ0) is 16.4. The molecule has 5 atom stereocenters. The number of aliphatic hydroxyl groups is 4. The summed E-state index contributed by atoms with van der Waals surface area (Å²) in [4.78, 5) is 10.8. The van der Waals surface area contributed by atoms with Crippen molar-refractivity contribution in [1.82, 2.24) is 0 Å². The van der Waals surface area contributed by atoms with Crippen molar-refractivity contribution < 1.29 is 44.9 Å². The molecule has 9 nitrogen and oxygen atoms in total. The van der Waals surface area contributed by atoms with Gasteiger partial charge in [0.2, 0.25) is 6.29 Å². The van der Waals surface area contributed by atoms with Crippen LogP contribution in [0.4, 0.5) is 0 Å². The lowest BCUT2D eigenvalue weighted by Gasteiger charge is -2.39. The predicted octanol–water partition coefficient (Wildman–Crippen LogP) is -1.73. The Balaban J connectivity index is 2.17. The number of carbonyl (C=O) groups is 1. The fourth-order valence-corrected chi connectivity index (χ4v) is 2.04. The van der Waals surface area contributed by atoms with E-state index in [0.29, 0.717) is 0 Å². The van der Waals surface area contributed by atoms with E-state index >= 15 is 0 Å². The highest BCUT2D eigenvalue weighted by Gasteiger charge is 2.44. The number of aliphatic hydroxyl groups excluding tert-OH is 4. The standard InChI is InChI=1S/C13H16O9/c14-4-8-9(16)10(17)11(18)13(22-8)21-7-2-1-5(12(19)20)3-6(7)15/h1-3,8-11,13-18H,4H2,(H,19,20). The van der Waals surface area contributed by atoms with Gasteiger partial charge in [-0.05, 0) is 18.2 Å². The second-order valence-electron chi connectivity index (χ2n) is 4.80. The molecular formula is C13H16O9. The number of hydrogen-bond donors (Lipinski definition) is 6. The molecule has 1 fully saturated rings. The zero-order valence-corrected chi connectivity index (χ0v) is 11.2. The van der Waals surface area contributed by atoms with Gasteiger partial charge < -0.3 is 40.1 Å². The van der Waals surface area contributed by atoms with Crippen molar-refractivity contribution in [2.75, 3.05) is 6.61 Å². The third kappa shape index (κ3) is 3.13. The Bertz CT molecular complexity index is 544. The summed E-state index contributed by atoms with van der Waals surface area (Å²) >= 11 is 0. The second-order valence-corrected chi connectivity index (χ2v) is 4.80. The third-order valence-electron chi connectivity index (χ3n) is 3.30. The summed E-state index contributed by atoms with van der Waals surface area (Å²) in [6.07, 6.45) is -7.38. The number of carboxylic acid groups (broad SMARTS) is 1. The van der Waals surface area contributed by atoms with Crippen molar-refractivity contribution in [3.8, 4) is 11.5 Å². The molecule has 9 heteroatoms. The average molecular weight is 316 g/mol. The predicted molar refractivity (Wildman–Crippen MR) is 69.5 cm³/mol. The van der Waals surface area contributed by atoms with Crippen LogP contribution >= 0.6 is 0 Å². The molecule has 1 aliphatic rings. The number of carboxylic acids is 1. The zero-order valence-electron chi connectivity index (χ0n) is 11.2. The number of hydrogen-bond acceptors (Lipinski definition) is 8. The SMILES string of the molecule is O=C(O)c1ccc(OC2OC(CO)C(O)C(O)C2O)c(O)c1. The molecule has 0 aromatic heterocycles. The van der Waals surface area contributed by atoms with Gasteiger partial charge >= 0.3 is 5.97 Å². The fraction of sp³-hybridized carbons (Fsp3) is 0.462. The fourth-order valence-electron chi connectivity index (χ4n) is 2.04. The Morgan fingerprint density at radius 1 is 1.18 bits per heavy atom. The van der Waals surface area contributed by atoms with E-state index in [4.69, 9.17) is 19.7 Å². The van der Waals surface area contributed by atoms with Crippen molar-refractivity contribution in [2.24, 2.45) is 0 Å². The van der Waals surface area contributed by atoms with E-state index in [1.54, 1.807) is 0 Å². The van der Waals surface area contributed by atoms with E-state index in [9.17, 15) is 25.2 Å². The molecule has 1 aromatic carbocycles. The maximum Gasteiger partial charge on any atom is 0.335 e. The molecule has 2 rings (SSSR count). The van der Waals surface area contributed by atoms with Gasteiger partial charge in [-0.15, -0.1) is 0 Å². The first-order chi connectivity index (χ1) is 10.3. The summed E-state index contributed by atoms with van der Waals surface area (Å²) in [7, 11) is 0. The highest BCUT2D eigenvalue weighted by atomic mass is 16.7. The van der Waals surface area contributed by atoms with Crippen LogP contribution in [0.1, 0.15) is 10.4 Å². The Labute approximate surface area is 124 Å². The van der Waals surface area contributed by atoms with Gasteiger partial charge in [-0.25, -0.2) is 4.79 Å². The van der Waals surface area contributed by atoms with Crippen LogP contribution in [0.5, 0.6) is 11.5 Å². The number of phenols is 1. The molecule has 0 radical (unpaired) electrons. The highest BCUT2D eigenvalue weighted by molar-refractivity contribution is 5.88. The van der Waals surface area contributed by atoms with E-state index in [-0.39, 0.29) is 11.3 Å². The minimum absolute atomic E-state index is 0.168. The monoisotopic (exact) mass is 316 g/mol. The molecule has 1 saturated heterocycles. The average Bonchev–Trinajstić information content (AvgIpc) is 2.49. The second kappa shape index (κ2) is 6.46. The number of aromatic carboxylic acids is 1. The van der Waals surface area contributed by atoms with Gasteiger partial charge in [-0.1, -0.05) is 0 Å². The number of rotatable bonds is 4. The molecule has 0 spiro atoms. The van der Waals surface area contributed by atoms with Crippen molar-refractivity contribution in [2.45, 2.75) is 30.7 Å². The first-order valence-electron chi connectivity index (χ1n) is 6.38. The molecule has 0 amide bonds. The van der Waals surface area contributed by atoms with Gasteiger partial charge in [0.25, 0.3) is 0 Å². The van der Waals surface area contributed by atoms with Crippen molar-refractivity contribution in [1.29, 1.82) is 0 Å². The van der Waals surface area contributed by atoms with Crippen LogP contribution in [0.25, 0.3) is 0 Å². The Hall–Kier alpha value is -1.91. The Morgan fingerprint density at radius 3 is 2.41 bits per heavy atom. The highest BCUT2D eigenvalue weighted by Crippen LogP contribution is 2.31. The molecule has 22 heavy (non-hydrogen) atoms. The summed E-state index contributed by atoms with van der Waals surface area (Å²) in [6, 6.07) is 3.27. The first kappa shape index (κ1) is 16.5. The topological polar surface area (TPSA) is 157 Å². The minimum atomic E-state index is -1.63. The van der Waals surface area contributed by atoms with Crippen molar-refractivity contribution in [3.05, 3.63) is 23.8 Å². The summed E-state index contributed by atoms with van der Waals surface area (Å²) in [6.45, 7) is -0.616. The lowest BCUT2D eigenvalue weighted by atomic mass is 9.99. The van der Waals surface area contributed by atoms with Crippen LogP contribution in [-0.2, 0) is 4.74 Å². The quantitative estimate of drug-likeness (QED) is 0.380. The van der Waals surface area contributed by atoms with E-state index in [1.807, 2.05) is 0 Å². The summed E-state index contributed by atoms with van der Waals surface area (Å²) < 4.78 is 10.3. The molecular weight excluding hydrogens is 300 g/mol. The van der Waals surface area contributed by atoms with Gasteiger partial charge in [-0.3, -0.25) is 0 Å². The molecule has 6 N–H and O–H groups in total. The first-order valence-corrected chi connectivity index (χ1v) is 6.38. The molecule has 1 aromatic rings. The maximum atomic E-state index is 10.8. The van der Waals surface area contributed by atoms with Crippen molar-refractivity contribution >= 4 is 5.97 Å². The number of phenolic OH excluding ortho intramolecular Hbond substituents is 1. The van der Waals surface area contributed by atoms with Crippen LogP contribution in [0.3, 0.4) is 0 Å². The van der Waals surface area contributed by atoms with Crippen LogP contribution < -0.4 is 4.74 Å². The normalized spacial score (nSPS) is 31.7. The van der Waals surface area contributed by atoms with E-state index in [1.165, 1.54) is 6.07 Å². The van der Waals surface area contributed by atoms with Crippen LogP contribution in [0, 0.1) is 0 Å². The minimum Gasteiger partial charge on any atom is -0.504 e. The largest absolute Gasteiger partial charge is 0.504 e. The maximum absolute atomic E-state index is 10.8. The van der Waals surface area contributed by atoms with Crippen LogP contribution in [0.2, 0.25) is 0 Å². The van der Waals surface area contributed by atoms with Crippen LogP contribution in [-0.4, -0.2) is 73.9 Å². The molecule has 5 unspecified atom stereocenters. The smallest absolute Gasteiger partial charge is 0.335 e. The van der Waals surface area contributed by atoms with E-state index < -0.39 is 49.0 Å². The number of benzene rings is 1. The Kier molecular flexibility index (Phi) is 4.84. The van der Waals surface area contributed by atoms with Crippen LogP contribution in [0.15, 0.2) is 18.2 Å². The molecule has 1 aliphatic heterocycles. The van der Waals surface area contributed by atoms with Crippen molar-refractivity contribution in [3.63, 3.8) is 0 Å². The van der Waals surface area contributed by atoms with Gasteiger partial charge in [0, 0.05) is 0 Å². The Morgan fingerprint density at radius 2 is 1.86 bits per heavy atom. The van der Waals surface area contributed by atoms with Gasteiger partial charge in [0.05, 0.1) is 12.2 Å². The molecule has 0 saturated carbocycles. The summed E-state index contributed by atoms with van der Waals surface area (Å²) in [5.74, 6) is -1.93. The summed E-state index contributed by atoms with van der Waals surface area (Å²) in [5, 5.41) is 56.6. The molecule has 0 bridgehead atoms. The van der Waals surface area contributed by atoms with Gasteiger partial charge in [0.15, 0.2) is 11.5 Å². The van der Waals surface area contributed by atoms with Gasteiger partial charge in [-0.2, -0.15) is 0 Å². The molecule has 122 valence electrons. The number of ether oxygens (including phenoxy) is 2. The van der Waals surface area contributed by atoms with E-state index in [2.05, 4.69) is 0 Å². The lowest BCUT2D eigenvalue weighted by Crippen LogP contribution is -2.60. The lowest BCUT2D eigenvalue weighted by molar-refractivity contribution is -0.277. The van der Waals surface area contributed by atoms with E-state index in [0.717, 1.165) is 12.1 Å². The number of aromatic hydroxyl groups is 1.